The highest BCUT2D eigenvalue weighted by atomic mass is 19.4. The Hall–Kier alpha value is -3.32. The van der Waals surface area contributed by atoms with Gasteiger partial charge in [0.05, 0.1) is 6.54 Å². The van der Waals surface area contributed by atoms with Gasteiger partial charge >= 0.3 is 12.3 Å². The second-order valence-corrected chi connectivity index (χ2v) is 6.67. The van der Waals surface area contributed by atoms with Crippen LogP contribution < -0.4 is 5.32 Å². The predicted octanol–water partition coefficient (Wildman–Crippen LogP) is 2.33. The van der Waals surface area contributed by atoms with Crippen molar-refractivity contribution in [2.24, 2.45) is 0 Å². The molecule has 1 aromatic rings. The zero-order chi connectivity index (χ0) is 23.5. The summed E-state index contributed by atoms with van der Waals surface area (Å²) >= 11 is 0. The molecule has 1 saturated heterocycles. The van der Waals surface area contributed by atoms with Gasteiger partial charge in [-0.1, -0.05) is 0 Å². The molecular weight excluding hydrogens is 436 g/mol. The summed E-state index contributed by atoms with van der Waals surface area (Å²) in [5, 5.41) is 25.7. The zero-order valence-electron chi connectivity index (χ0n) is 15.7. The topological polar surface area (TPSA) is 121 Å². The van der Waals surface area contributed by atoms with Crippen molar-refractivity contribution in [2.75, 3.05) is 19.6 Å². The number of nitrogens with one attached hydrogen (secondary N) is 3. The van der Waals surface area contributed by atoms with Gasteiger partial charge < -0.3 is 20.2 Å². The molecular formula is C17H17F6N5O3. The molecule has 31 heavy (non-hydrogen) atoms. The van der Waals surface area contributed by atoms with Crippen LogP contribution in [0.25, 0.3) is 0 Å². The molecule has 14 heteroatoms. The molecule has 1 aromatic carbocycles. The van der Waals surface area contributed by atoms with Crippen molar-refractivity contribution in [1.29, 1.82) is 10.8 Å². The van der Waals surface area contributed by atoms with Gasteiger partial charge in [0.1, 0.15) is 11.7 Å². The van der Waals surface area contributed by atoms with Gasteiger partial charge in [-0.3, -0.25) is 15.6 Å². The Bertz CT molecular complexity index is 907. The van der Waals surface area contributed by atoms with Crippen molar-refractivity contribution >= 4 is 23.7 Å². The van der Waals surface area contributed by atoms with Gasteiger partial charge in [0.15, 0.2) is 11.6 Å². The Morgan fingerprint density at radius 2 is 1.74 bits per heavy atom. The van der Waals surface area contributed by atoms with Crippen molar-refractivity contribution in [2.45, 2.75) is 25.1 Å². The van der Waals surface area contributed by atoms with Crippen molar-refractivity contribution in [3.63, 3.8) is 0 Å². The van der Waals surface area contributed by atoms with Gasteiger partial charge in [0.2, 0.25) is 11.7 Å². The highest BCUT2D eigenvalue weighted by Crippen LogP contribution is 2.21. The predicted molar refractivity (Wildman–Crippen MR) is 94.4 cm³/mol. The lowest BCUT2D eigenvalue weighted by Crippen LogP contribution is -2.57. The number of amidine groups is 2. The lowest BCUT2D eigenvalue weighted by molar-refractivity contribution is -0.131. The van der Waals surface area contributed by atoms with Gasteiger partial charge in [0.25, 0.3) is 0 Å². The molecule has 8 nitrogen and oxygen atoms in total. The Morgan fingerprint density at radius 1 is 1.13 bits per heavy atom. The Labute approximate surface area is 171 Å². The molecule has 1 unspecified atom stereocenters. The van der Waals surface area contributed by atoms with Gasteiger partial charge in [-0.25, -0.2) is 18.0 Å². The third-order valence-electron chi connectivity index (χ3n) is 4.46. The fourth-order valence-corrected chi connectivity index (χ4v) is 2.99. The summed E-state index contributed by atoms with van der Waals surface area (Å²) in [5.74, 6) is -7.12. The minimum atomic E-state index is -4.97. The fraction of sp³-hybridized carbons (Fsp3) is 0.412. The molecule has 170 valence electrons. The number of halogens is 6. The smallest absolute Gasteiger partial charge is 0.449 e. The molecule has 1 aliphatic rings. The standard InChI is InChI=1S/C17H17F6N5O3/c18-10-6-12(20)11(19)4-8(10)3-9(26-16(30)31)5-14(29)27-1-2-28(13(24)7-27)15(25)17(21,22)23/h4,6,9,24-26H,1-3,5,7H2,(H,30,31). The summed E-state index contributed by atoms with van der Waals surface area (Å²) in [7, 11) is 0. The Kier molecular flexibility index (Phi) is 7.13. The molecule has 0 bridgehead atoms. The number of carbonyl (C=O) groups excluding carboxylic acids is 1. The van der Waals surface area contributed by atoms with Crippen LogP contribution in [0.5, 0.6) is 0 Å². The van der Waals surface area contributed by atoms with Crippen LogP contribution in [-0.2, 0) is 11.2 Å². The van der Waals surface area contributed by atoms with Gasteiger partial charge in [-0.2, -0.15) is 13.2 Å². The number of nitrogens with zero attached hydrogens (tertiary/aromatic N) is 2. The third kappa shape index (κ3) is 6.08. The van der Waals surface area contributed by atoms with E-state index in [1.165, 1.54) is 0 Å². The monoisotopic (exact) mass is 453 g/mol. The van der Waals surface area contributed by atoms with Crippen molar-refractivity contribution in [3.05, 3.63) is 35.1 Å². The first-order valence-electron chi connectivity index (χ1n) is 8.71. The molecule has 1 aliphatic heterocycles. The summed E-state index contributed by atoms with van der Waals surface area (Å²) in [4.78, 5) is 24.9. The number of alkyl halides is 3. The van der Waals surface area contributed by atoms with E-state index in [0.717, 1.165) is 4.90 Å². The quantitative estimate of drug-likeness (QED) is 0.237. The van der Waals surface area contributed by atoms with E-state index in [2.05, 4.69) is 0 Å². The van der Waals surface area contributed by atoms with Crippen LogP contribution in [0, 0.1) is 28.3 Å². The summed E-state index contributed by atoms with van der Waals surface area (Å²) in [6.45, 7) is -1.31. The van der Waals surface area contributed by atoms with Crippen molar-refractivity contribution in [3.8, 4) is 0 Å². The molecule has 1 fully saturated rings. The van der Waals surface area contributed by atoms with E-state index < -0.39 is 79.3 Å². The number of hydrogen-bond donors (Lipinski definition) is 4. The number of piperazine rings is 1. The summed E-state index contributed by atoms with van der Waals surface area (Å²) in [6, 6.07) is -0.450. The minimum Gasteiger partial charge on any atom is -0.465 e. The molecule has 0 saturated carbocycles. The zero-order valence-corrected chi connectivity index (χ0v) is 15.7. The van der Waals surface area contributed by atoms with Gasteiger partial charge in [-0.05, 0) is 18.1 Å². The lowest BCUT2D eigenvalue weighted by Gasteiger charge is -2.37. The van der Waals surface area contributed by atoms with E-state index in [4.69, 9.17) is 15.9 Å². The highest BCUT2D eigenvalue weighted by molar-refractivity contribution is 6.02. The normalized spacial score (nSPS) is 15.6. The second-order valence-electron chi connectivity index (χ2n) is 6.67. The molecule has 4 N–H and O–H groups in total. The fourth-order valence-electron chi connectivity index (χ4n) is 2.99. The van der Waals surface area contributed by atoms with E-state index in [9.17, 15) is 35.9 Å². The first-order chi connectivity index (χ1) is 14.3. The van der Waals surface area contributed by atoms with Crippen molar-refractivity contribution in [1.82, 2.24) is 15.1 Å². The van der Waals surface area contributed by atoms with Crippen LogP contribution in [0.3, 0.4) is 0 Å². The Morgan fingerprint density at radius 3 is 2.29 bits per heavy atom. The molecule has 1 heterocycles. The maximum absolute atomic E-state index is 13.9. The van der Waals surface area contributed by atoms with Crippen molar-refractivity contribution < 1.29 is 41.0 Å². The molecule has 2 rings (SSSR count). The number of hydrogen-bond acceptors (Lipinski definition) is 4. The molecule has 0 radical (unpaired) electrons. The maximum atomic E-state index is 13.9. The first kappa shape index (κ1) is 24.0. The lowest BCUT2D eigenvalue weighted by atomic mass is 10.0. The summed E-state index contributed by atoms with van der Waals surface area (Å²) in [6.07, 6.45) is -7.62. The van der Waals surface area contributed by atoms with E-state index in [1.54, 1.807) is 0 Å². The number of carbonyl (C=O) groups is 2. The van der Waals surface area contributed by atoms with E-state index in [0.29, 0.717) is 11.0 Å². The van der Waals surface area contributed by atoms with E-state index in [1.807, 2.05) is 5.32 Å². The van der Waals surface area contributed by atoms with Gasteiger partial charge in [0, 0.05) is 31.6 Å². The number of benzene rings is 1. The summed E-state index contributed by atoms with van der Waals surface area (Å²) < 4.78 is 78.3. The van der Waals surface area contributed by atoms with Crippen LogP contribution >= 0.6 is 0 Å². The Balaban J connectivity index is 2.08. The van der Waals surface area contributed by atoms with Crippen LogP contribution in [0.15, 0.2) is 12.1 Å². The second kappa shape index (κ2) is 9.22. The van der Waals surface area contributed by atoms with Crippen LogP contribution in [0.2, 0.25) is 0 Å². The summed E-state index contributed by atoms with van der Waals surface area (Å²) in [5.41, 5.74) is -0.387. The number of rotatable bonds is 5. The van der Waals surface area contributed by atoms with Crippen LogP contribution in [0.4, 0.5) is 31.1 Å². The molecule has 0 spiro atoms. The SMILES string of the molecule is N=C1CN(C(=O)CC(Cc2cc(F)c(F)cc2F)NC(=O)O)CCN1C(=N)C(F)(F)F. The maximum Gasteiger partial charge on any atom is 0.449 e. The molecule has 1 atom stereocenters. The average Bonchev–Trinajstić information content (AvgIpc) is 2.64. The molecule has 0 aliphatic carbocycles. The minimum absolute atomic E-state index is 0.278. The van der Waals surface area contributed by atoms with E-state index >= 15 is 0 Å². The van der Waals surface area contributed by atoms with E-state index in [-0.39, 0.29) is 18.2 Å². The number of amides is 2. The third-order valence-corrected chi connectivity index (χ3v) is 4.46. The highest BCUT2D eigenvalue weighted by Gasteiger charge is 2.41. The number of carboxylic acid groups (broad SMARTS) is 1. The molecule has 0 aromatic heterocycles. The first-order valence-corrected chi connectivity index (χ1v) is 8.71. The van der Waals surface area contributed by atoms with Crippen LogP contribution in [-0.4, -0.2) is 70.4 Å². The van der Waals surface area contributed by atoms with Crippen LogP contribution in [0.1, 0.15) is 12.0 Å². The molecule has 2 amide bonds. The van der Waals surface area contributed by atoms with Gasteiger partial charge in [-0.15, -0.1) is 0 Å². The largest absolute Gasteiger partial charge is 0.465 e. The average molecular weight is 453 g/mol.